The van der Waals surface area contributed by atoms with Crippen molar-refractivity contribution in [3.05, 3.63) is 47.5 Å². The summed E-state index contributed by atoms with van der Waals surface area (Å²) in [6, 6.07) is 9.98. The van der Waals surface area contributed by atoms with E-state index in [9.17, 15) is 15.0 Å². The van der Waals surface area contributed by atoms with Gasteiger partial charge in [0.2, 0.25) is 0 Å². The Morgan fingerprint density at radius 3 is 2.14 bits per heavy atom. The summed E-state index contributed by atoms with van der Waals surface area (Å²) >= 11 is 4.15. The molecule has 196 valence electrons. The van der Waals surface area contributed by atoms with Gasteiger partial charge in [-0.15, -0.1) is 12.6 Å². The molecule has 0 radical (unpaired) electrons. The summed E-state index contributed by atoms with van der Waals surface area (Å²) < 4.78 is 0. The largest absolute Gasteiger partial charge is 0.507 e. The number of rotatable bonds is 7. The van der Waals surface area contributed by atoms with Gasteiger partial charge in [0.1, 0.15) is 17.7 Å². The Labute approximate surface area is 215 Å². The van der Waals surface area contributed by atoms with Crippen LogP contribution in [0.25, 0.3) is 0 Å². The van der Waals surface area contributed by atoms with Gasteiger partial charge in [0.15, 0.2) is 6.17 Å². The van der Waals surface area contributed by atoms with E-state index in [0.717, 1.165) is 24.1 Å². The molecular formula is C26H43N5O3S. The number of primary amides is 1. The maximum absolute atomic E-state index is 11.9. The van der Waals surface area contributed by atoms with Gasteiger partial charge in [-0.05, 0) is 57.5 Å². The Morgan fingerprint density at radius 2 is 1.69 bits per heavy atom. The SMILES string of the molecule is CC.CNC(C(N)=O)N(c1ccc(C)cc1)C(N)c1cc(S)c(O)cc1O.NCC1CCCCC1. The van der Waals surface area contributed by atoms with Crippen LogP contribution < -0.4 is 27.4 Å². The van der Waals surface area contributed by atoms with Crippen LogP contribution in [0.5, 0.6) is 11.5 Å². The predicted octanol–water partition coefficient (Wildman–Crippen LogP) is 3.74. The first-order valence-corrected chi connectivity index (χ1v) is 12.7. The summed E-state index contributed by atoms with van der Waals surface area (Å²) in [6.45, 7) is 6.86. The fourth-order valence-corrected chi connectivity index (χ4v) is 4.20. The molecule has 0 saturated heterocycles. The molecule has 1 aliphatic rings. The third kappa shape index (κ3) is 8.92. The maximum atomic E-state index is 11.9. The van der Waals surface area contributed by atoms with Crippen molar-refractivity contribution in [3.63, 3.8) is 0 Å². The lowest BCUT2D eigenvalue weighted by atomic mass is 9.90. The van der Waals surface area contributed by atoms with Crippen molar-refractivity contribution in [3.8, 4) is 11.5 Å². The number of thiol groups is 1. The van der Waals surface area contributed by atoms with Crippen LogP contribution in [-0.2, 0) is 4.79 Å². The number of nitrogens with two attached hydrogens (primary N) is 3. The number of amides is 1. The van der Waals surface area contributed by atoms with E-state index in [0.29, 0.717) is 11.3 Å². The zero-order valence-electron chi connectivity index (χ0n) is 21.4. The van der Waals surface area contributed by atoms with Gasteiger partial charge in [-0.3, -0.25) is 10.1 Å². The van der Waals surface area contributed by atoms with E-state index >= 15 is 0 Å². The number of aromatic hydroxyl groups is 2. The van der Waals surface area contributed by atoms with Gasteiger partial charge in [-0.1, -0.05) is 50.8 Å². The molecule has 0 heterocycles. The molecule has 0 aliphatic heterocycles. The summed E-state index contributed by atoms with van der Waals surface area (Å²) in [7, 11) is 1.59. The molecule has 1 amide bonds. The van der Waals surface area contributed by atoms with Gasteiger partial charge in [0.05, 0.1) is 0 Å². The van der Waals surface area contributed by atoms with E-state index < -0.39 is 18.2 Å². The molecule has 2 aromatic carbocycles. The Balaban J connectivity index is 0.000000512. The second-order valence-electron chi connectivity index (χ2n) is 8.42. The van der Waals surface area contributed by atoms with Gasteiger partial charge in [0.25, 0.3) is 5.91 Å². The second kappa shape index (κ2) is 15.5. The molecule has 9 heteroatoms. The van der Waals surface area contributed by atoms with E-state index in [1.807, 2.05) is 45.0 Å². The topological polar surface area (TPSA) is 151 Å². The molecule has 9 N–H and O–H groups in total. The summed E-state index contributed by atoms with van der Waals surface area (Å²) in [6.07, 6.45) is 5.22. The lowest BCUT2D eigenvalue weighted by Crippen LogP contribution is -2.55. The zero-order valence-corrected chi connectivity index (χ0v) is 22.3. The van der Waals surface area contributed by atoms with Crippen molar-refractivity contribution in [1.29, 1.82) is 0 Å². The van der Waals surface area contributed by atoms with Crippen molar-refractivity contribution >= 4 is 24.2 Å². The number of benzene rings is 2. The molecule has 1 fully saturated rings. The van der Waals surface area contributed by atoms with Crippen LogP contribution in [-0.4, -0.2) is 35.9 Å². The Hall–Kier alpha value is -2.46. The number of likely N-dealkylation sites (N-methyl/N-ethyl adjacent to an activating group) is 1. The van der Waals surface area contributed by atoms with E-state index in [1.165, 1.54) is 38.2 Å². The first-order valence-electron chi connectivity index (χ1n) is 12.2. The van der Waals surface area contributed by atoms with Gasteiger partial charge in [-0.25, -0.2) is 0 Å². The lowest BCUT2D eigenvalue weighted by Gasteiger charge is -2.36. The van der Waals surface area contributed by atoms with Crippen molar-refractivity contribution in [1.82, 2.24) is 5.32 Å². The number of hydrogen-bond acceptors (Lipinski definition) is 8. The molecule has 0 bridgehead atoms. The highest BCUT2D eigenvalue weighted by molar-refractivity contribution is 7.80. The highest BCUT2D eigenvalue weighted by Crippen LogP contribution is 2.36. The van der Waals surface area contributed by atoms with Crippen LogP contribution in [0.3, 0.4) is 0 Å². The van der Waals surface area contributed by atoms with Crippen LogP contribution in [0.4, 0.5) is 5.69 Å². The molecule has 0 spiro atoms. The minimum absolute atomic E-state index is 0.168. The number of phenols is 2. The number of nitrogens with zero attached hydrogens (tertiary/aromatic N) is 1. The number of nitrogens with one attached hydrogen (secondary N) is 1. The molecule has 3 rings (SSSR count). The minimum atomic E-state index is -0.917. The number of anilines is 1. The fourth-order valence-electron chi connectivity index (χ4n) is 4.00. The smallest absolute Gasteiger partial charge is 0.255 e. The van der Waals surface area contributed by atoms with Crippen LogP contribution in [0.2, 0.25) is 0 Å². The fraction of sp³-hybridized carbons (Fsp3) is 0.500. The predicted molar refractivity (Wildman–Crippen MR) is 147 cm³/mol. The Kier molecular flexibility index (Phi) is 13.6. The number of phenolic OH excluding ortho intramolecular Hbond substituents is 2. The van der Waals surface area contributed by atoms with Crippen molar-refractivity contribution in [2.75, 3.05) is 18.5 Å². The number of carbonyl (C=O) groups is 1. The van der Waals surface area contributed by atoms with Gasteiger partial charge < -0.3 is 32.3 Å². The maximum Gasteiger partial charge on any atom is 0.255 e. The van der Waals surface area contributed by atoms with Crippen molar-refractivity contribution < 1.29 is 15.0 Å². The molecular weight excluding hydrogens is 462 g/mol. The average molecular weight is 506 g/mol. The molecule has 2 unspecified atom stereocenters. The van der Waals surface area contributed by atoms with Crippen LogP contribution >= 0.6 is 12.6 Å². The van der Waals surface area contributed by atoms with Crippen LogP contribution in [0.1, 0.15) is 63.2 Å². The molecule has 2 atom stereocenters. The lowest BCUT2D eigenvalue weighted by molar-refractivity contribution is -0.120. The third-order valence-corrected chi connectivity index (χ3v) is 6.31. The average Bonchev–Trinajstić information content (AvgIpc) is 2.87. The quantitative estimate of drug-likeness (QED) is 0.224. The minimum Gasteiger partial charge on any atom is -0.507 e. The van der Waals surface area contributed by atoms with Crippen molar-refractivity contribution in [2.45, 2.75) is 70.1 Å². The summed E-state index contributed by atoms with van der Waals surface area (Å²) in [5.41, 5.74) is 19.3. The Bertz CT molecular complexity index is 905. The van der Waals surface area contributed by atoms with Crippen LogP contribution in [0.15, 0.2) is 41.3 Å². The number of aryl methyl sites for hydroxylation is 1. The first kappa shape index (κ1) is 30.6. The Morgan fingerprint density at radius 1 is 1.11 bits per heavy atom. The zero-order chi connectivity index (χ0) is 26.5. The molecule has 8 nitrogen and oxygen atoms in total. The van der Waals surface area contributed by atoms with E-state index in [-0.39, 0.29) is 16.4 Å². The summed E-state index contributed by atoms with van der Waals surface area (Å²) in [5.74, 6) is -0.135. The van der Waals surface area contributed by atoms with Crippen molar-refractivity contribution in [2.24, 2.45) is 23.1 Å². The van der Waals surface area contributed by atoms with Gasteiger partial charge >= 0.3 is 0 Å². The summed E-state index contributed by atoms with van der Waals surface area (Å²) in [4.78, 5) is 13.7. The van der Waals surface area contributed by atoms with Gasteiger partial charge in [0, 0.05) is 22.2 Å². The molecule has 0 aromatic heterocycles. The first-order chi connectivity index (χ1) is 16.7. The molecule has 2 aromatic rings. The highest BCUT2D eigenvalue weighted by Gasteiger charge is 2.30. The second-order valence-corrected chi connectivity index (χ2v) is 8.90. The van der Waals surface area contributed by atoms with E-state index in [2.05, 4.69) is 17.9 Å². The highest BCUT2D eigenvalue weighted by atomic mass is 32.1. The van der Waals surface area contributed by atoms with E-state index in [1.54, 1.807) is 11.9 Å². The third-order valence-electron chi connectivity index (χ3n) is 5.95. The molecule has 1 saturated carbocycles. The van der Waals surface area contributed by atoms with E-state index in [4.69, 9.17) is 17.2 Å². The normalized spacial score (nSPS) is 15.1. The molecule has 1 aliphatic carbocycles. The van der Waals surface area contributed by atoms with Gasteiger partial charge in [-0.2, -0.15) is 0 Å². The van der Waals surface area contributed by atoms with Crippen LogP contribution in [0, 0.1) is 12.8 Å². The molecule has 35 heavy (non-hydrogen) atoms. The standard InChI is InChI=1S/C17H22N4O3S.C7H15N.C2H6/c1-9-3-5-10(6-4-9)21(17(20-2)16(19)24)15(18)11-7-14(25)13(23)8-12(11)22;8-6-7-4-2-1-3-5-7;1-2/h3-8,15,17,20,22-23,25H,18H2,1-2H3,(H2,19,24);7H,1-6,8H2;1-2H3. The number of hydrogen-bond donors (Lipinski definition) is 7. The summed E-state index contributed by atoms with van der Waals surface area (Å²) in [5, 5.41) is 22.7. The monoisotopic (exact) mass is 505 g/mol. The number of carbonyl (C=O) groups excluding carboxylic acids is 1.